The summed E-state index contributed by atoms with van der Waals surface area (Å²) in [5.41, 5.74) is -0.511. The molecule has 3 aliphatic carbocycles. The summed E-state index contributed by atoms with van der Waals surface area (Å²) < 4.78 is 6.14. The van der Waals surface area contributed by atoms with E-state index >= 15 is 0 Å². The molecule has 0 bridgehead atoms. The number of nitrogens with zero attached hydrogens (tertiary/aromatic N) is 1. The van der Waals surface area contributed by atoms with Crippen LogP contribution >= 0.6 is 0 Å². The molecule has 122 valence electrons. The summed E-state index contributed by atoms with van der Waals surface area (Å²) in [5.74, 6) is 0.828. The molecular formula is C17H26N2O3. The molecule has 0 aromatic rings. The van der Waals surface area contributed by atoms with Crippen molar-refractivity contribution >= 4 is 11.8 Å². The van der Waals surface area contributed by atoms with Crippen LogP contribution < -0.4 is 5.32 Å². The van der Waals surface area contributed by atoms with Crippen LogP contribution in [0, 0.1) is 11.8 Å². The Balaban J connectivity index is 1.58. The molecule has 2 amide bonds. The first kappa shape index (κ1) is 14.5. The van der Waals surface area contributed by atoms with E-state index in [4.69, 9.17) is 4.74 Å². The van der Waals surface area contributed by atoms with Crippen molar-refractivity contribution in [3.8, 4) is 0 Å². The van der Waals surface area contributed by atoms with Crippen LogP contribution in [0.2, 0.25) is 0 Å². The largest absolute Gasteiger partial charge is 0.353 e. The highest BCUT2D eigenvalue weighted by atomic mass is 16.5. The van der Waals surface area contributed by atoms with Crippen molar-refractivity contribution in [3.63, 3.8) is 0 Å². The first-order valence-electron chi connectivity index (χ1n) is 8.86. The Bertz CT molecular complexity index is 486. The van der Waals surface area contributed by atoms with Crippen molar-refractivity contribution in [3.05, 3.63) is 0 Å². The minimum absolute atomic E-state index is 0.00778. The van der Waals surface area contributed by atoms with Crippen LogP contribution in [0.3, 0.4) is 0 Å². The molecule has 5 nitrogen and oxygen atoms in total. The lowest BCUT2D eigenvalue weighted by Gasteiger charge is -2.43. The van der Waals surface area contributed by atoms with E-state index in [-0.39, 0.29) is 17.7 Å². The van der Waals surface area contributed by atoms with Crippen LogP contribution in [0.5, 0.6) is 0 Å². The second kappa shape index (κ2) is 5.22. The Kier molecular flexibility index (Phi) is 3.44. The van der Waals surface area contributed by atoms with Gasteiger partial charge in [0.15, 0.2) is 0 Å². The number of carbonyl (C=O) groups is 2. The van der Waals surface area contributed by atoms with Gasteiger partial charge in [-0.3, -0.25) is 14.5 Å². The lowest BCUT2D eigenvalue weighted by Crippen LogP contribution is -2.57. The van der Waals surface area contributed by atoms with Crippen molar-refractivity contribution < 1.29 is 14.3 Å². The number of ether oxygens (including phenoxy) is 1. The monoisotopic (exact) mass is 306 g/mol. The van der Waals surface area contributed by atoms with Gasteiger partial charge in [0.2, 0.25) is 11.8 Å². The number of amides is 2. The maximum absolute atomic E-state index is 12.9. The van der Waals surface area contributed by atoms with Gasteiger partial charge in [-0.1, -0.05) is 13.3 Å². The third-order valence-electron chi connectivity index (χ3n) is 5.58. The van der Waals surface area contributed by atoms with E-state index in [0.717, 1.165) is 44.9 Å². The Morgan fingerprint density at radius 3 is 2.59 bits per heavy atom. The summed E-state index contributed by atoms with van der Waals surface area (Å²) in [6.45, 7) is 2.59. The fraction of sp³-hybridized carbons (Fsp3) is 0.882. The molecule has 0 aromatic carbocycles. The minimum Gasteiger partial charge on any atom is -0.353 e. The molecule has 1 heterocycles. The van der Waals surface area contributed by atoms with E-state index in [1.165, 1.54) is 6.42 Å². The summed E-state index contributed by atoms with van der Waals surface area (Å²) in [4.78, 5) is 27.3. The van der Waals surface area contributed by atoms with Crippen molar-refractivity contribution in [2.24, 2.45) is 11.8 Å². The van der Waals surface area contributed by atoms with E-state index in [0.29, 0.717) is 18.6 Å². The van der Waals surface area contributed by atoms with Gasteiger partial charge in [0.25, 0.3) is 0 Å². The summed E-state index contributed by atoms with van der Waals surface area (Å²) in [5, 5.41) is 3.06. The molecule has 4 fully saturated rings. The molecule has 4 aliphatic rings. The maximum Gasteiger partial charge on any atom is 0.245 e. The Hall–Kier alpha value is -1.10. The van der Waals surface area contributed by atoms with Crippen LogP contribution in [0.1, 0.15) is 58.3 Å². The van der Waals surface area contributed by atoms with E-state index < -0.39 is 11.8 Å². The summed E-state index contributed by atoms with van der Waals surface area (Å²) >= 11 is 0. The molecule has 0 radical (unpaired) electrons. The van der Waals surface area contributed by atoms with Crippen LogP contribution in [0.25, 0.3) is 0 Å². The number of hydrogen-bond acceptors (Lipinski definition) is 3. The molecule has 0 unspecified atom stereocenters. The van der Waals surface area contributed by atoms with Crippen molar-refractivity contribution in [1.29, 1.82) is 0 Å². The second-order valence-electron chi connectivity index (χ2n) is 7.74. The fourth-order valence-corrected chi connectivity index (χ4v) is 4.09. The van der Waals surface area contributed by atoms with Gasteiger partial charge >= 0.3 is 0 Å². The third kappa shape index (κ3) is 2.53. The van der Waals surface area contributed by atoms with E-state index in [1.54, 1.807) is 0 Å². The first-order valence-corrected chi connectivity index (χ1v) is 8.86. The van der Waals surface area contributed by atoms with Crippen LogP contribution in [0.4, 0.5) is 0 Å². The highest BCUT2D eigenvalue weighted by molar-refractivity contribution is 5.90. The lowest BCUT2D eigenvalue weighted by atomic mass is 9.83. The van der Waals surface area contributed by atoms with Gasteiger partial charge in [-0.15, -0.1) is 0 Å². The third-order valence-corrected chi connectivity index (χ3v) is 5.58. The molecule has 3 atom stereocenters. The topological polar surface area (TPSA) is 58.6 Å². The zero-order valence-electron chi connectivity index (χ0n) is 13.3. The maximum atomic E-state index is 12.9. The predicted molar refractivity (Wildman–Crippen MR) is 80.8 cm³/mol. The van der Waals surface area contributed by atoms with Gasteiger partial charge in [0.1, 0.15) is 11.8 Å². The molecule has 1 N–H and O–H groups in total. The van der Waals surface area contributed by atoms with Crippen molar-refractivity contribution in [2.75, 3.05) is 6.61 Å². The molecule has 5 heteroatoms. The van der Waals surface area contributed by atoms with Crippen LogP contribution in [0.15, 0.2) is 0 Å². The van der Waals surface area contributed by atoms with Gasteiger partial charge < -0.3 is 10.1 Å². The highest BCUT2D eigenvalue weighted by Crippen LogP contribution is 2.45. The molecule has 1 aliphatic heterocycles. The van der Waals surface area contributed by atoms with Crippen molar-refractivity contribution in [1.82, 2.24) is 10.2 Å². The van der Waals surface area contributed by atoms with E-state index in [9.17, 15) is 9.59 Å². The number of rotatable bonds is 3. The quantitative estimate of drug-likeness (QED) is 0.865. The van der Waals surface area contributed by atoms with E-state index in [2.05, 4.69) is 12.2 Å². The number of carbonyl (C=O) groups excluding carboxylic acids is 2. The standard InChI is InChI=1S/C17H26N2O3/c1-11-3-2-8-17(9-11)19(16(21)12-4-5-12)14(10-22-17)15(20)18-13-6-7-13/h11-14H,2-10H2,1H3,(H,18,20)/t11-,14-,17-/m0/s1. The van der Waals surface area contributed by atoms with Crippen LogP contribution in [-0.4, -0.2) is 41.1 Å². The zero-order valence-corrected chi connectivity index (χ0v) is 13.3. The molecule has 1 saturated heterocycles. The number of nitrogens with one attached hydrogen (secondary N) is 1. The molecule has 0 aromatic heterocycles. The first-order chi connectivity index (χ1) is 10.6. The Morgan fingerprint density at radius 1 is 1.18 bits per heavy atom. The van der Waals surface area contributed by atoms with Gasteiger partial charge in [-0.25, -0.2) is 0 Å². The SMILES string of the molecule is C[C@H]1CCC[C@@]2(C1)OC[C@@H](C(=O)NC1CC1)N2C(=O)C1CC1. The van der Waals surface area contributed by atoms with Gasteiger partial charge in [-0.05, 0) is 50.9 Å². The highest BCUT2D eigenvalue weighted by Gasteiger charge is 2.56. The average molecular weight is 306 g/mol. The van der Waals surface area contributed by atoms with Crippen molar-refractivity contribution in [2.45, 2.75) is 76.1 Å². The smallest absolute Gasteiger partial charge is 0.245 e. The normalized spacial score (nSPS) is 38.3. The summed E-state index contributed by atoms with van der Waals surface area (Å²) in [7, 11) is 0. The van der Waals surface area contributed by atoms with Gasteiger partial charge in [-0.2, -0.15) is 0 Å². The number of hydrogen-bond donors (Lipinski definition) is 1. The zero-order chi connectivity index (χ0) is 15.3. The summed E-state index contributed by atoms with van der Waals surface area (Å²) in [6, 6.07) is -0.0915. The molecule has 3 saturated carbocycles. The Labute approximate surface area is 131 Å². The summed E-state index contributed by atoms with van der Waals surface area (Å²) in [6.07, 6.45) is 8.09. The molecule has 4 rings (SSSR count). The molecular weight excluding hydrogens is 280 g/mol. The molecule has 1 spiro atoms. The lowest BCUT2D eigenvalue weighted by molar-refractivity contribution is -0.164. The Morgan fingerprint density at radius 2 is 1.95 bits per heavy atom. The average Bonchev–Trinajstić information content (AvgIpc) is 3.37. The van der Waals surface area contributed by atoms with E-state index in [1.807, 2.05) is 4.90 Å². The fourth-order valence-electron chi connectivity index (χ4n) is 4.09. The minimum atomic E-state index is -0.511. The van der Waals surface area contributed by atoms with Gasteiger partial charge in [0.05, 0.1) is 6.61 Å². The predicted octanol–water partition coefficient (Wildman–Crippen LogP) is 1.81. The molecule has 22 heavy (non-hydrogen) atoms. The van der Waals surface area contributed by atoms with Crippen LogP contribution in [-0.2, 0) is 14.3 Å². The van der Waals surface area contributed by atoms with Gasteiger partial charge in [0, 0.05) is 12.0 Å². The second-order valence-corrected chi connectivity index (χ2v) is 7.74.